The minimum absolute atomic E-state index is 0.123. The topological polar surface area (TPSA) is 95.7 Å². The van der Waals surface area contributed by atoms with E-state index in [2.05, 4.69) is 11.2 Å². The number of hydrogen-bond donors (Lipinski definition) is 3. The van der Waals surface area contributed by atoms with Gasteiger partial charge in [-0.3, -0.25) is 9.59 Å². The number of carbonyl (C=O) groups is 2. The summed E-state index contributed by atoms with van der Waals surface area (Å²) in [5.74, 6) is 1.93. The molecular weight excluding hydrogens is 330 g/mol. The number of amides is 2. The van der Waals surface area contributed by atoms with Crippen molar-refractivity contribution in [1.82, 2.24) is 10.2 Å². The van der Waals surface area contributed by atoms with Crippen molar-refractivity contribution in [2.75, 3.05) is 6.54 Å². The quantitative estimate of drug-likeness (QED) is 0.689. The van der Waals surface area contributed by atoms with Crippen LogP contribution in [0.2, 0.25) is 0 Å². The Balaban J connectivity index is 2.03. The molecule has 1 aliphatic rings. The summed E-state index contributed by atoms with van der Waals surface area (Å²) in [5.41, 5.74) is 7.30. The molecule has 6 heteroatoms. The second kappa shape index (κ2) is 7.90. The lowest BCUT2D eigenvalue weighted by Crippen LogP contribution is -2.54. The van der Waals surface area contributed by atoms with Gasteiger partial charge < -0.3 is 21.1 Å². The van der Waals surface area contributed by atoms with Crippen LogP contribution in [0.1, 0.15) is 38.3 Å². The molecule has 1 aromatic carbocycles. The highest BCUT2D eigenvalue weighted by Gasteiger charge is 2.42. The van der Waals surface area contributed by atoms with E-state index in [0.717, 1.165) is 11.1 Å². The molecule has 0 spiro atoms. The van der Waals surface area contributed by atoms with Crippen LogP contribution in [0.3, 0.4) is 0 Å². The highest BCUT2D eigenvalue weighted by Crippen LogP contribution is 2.24. The number of likely N-dealkylation sites (tertiary alicyclic amines) is 1. The number of β-amino-alcohol motifs (C(OH)–C–C–N with tert-alkyl or cyclic N) is 1. The molecule has 1 aliphatic heterocycles. The lowest BCUT2D eigenvalue weighted by Gasteiger charge is -2.32. The van der Waals surface area contributed by atoms with Crippen LogP contribution in [0.25, 0.3) is 0 Å². The molecule has 3 atom stereocenters. The van der Waals surface area contributed by atoms with E-state index in [4.69, 9.17) is 12.2 Å². The molecule has 0 aliphatic carbocycles. The van der Waals surface area contributed by atoms with Gasteiger partial charge in [-0.15, -0.1) is 6.42 Å². The predicted molar refractivity (Wildman–Crippen MR) is 99.8 cm³/mol. The highest BCUT2D eigenvalue weighted by atomic mass is 16.3. The van der Waals surface area contributed by atoms with Crippen molar-refractivity contribution in [1.29, 1.82) is 0 Å². The largest absolute Gasteiger partial charge is 0.391 e. The third-order valence-electron chi connectivity index (χ3n) is 4.65. The van der Waals surface area contributed by atoms with E-state index in [1.165, 1.54) is 4.90 Å². The smallest absolute Gasteiger partial charge is 0.243 e. The molecule has 2 amide bonds. The Labute approximate surface area is 154 Å². The number of rotatable bonds is 4. The lowest BCUT2D eigenvalue weighted by atomic mass is 9.86. The number of nitrogens with two attached hydrogens (primary N) is 1. The first-order chi connectivity index (χ1) is 12.1. The van der Waals surface area contributed by atoms with E-state index in [-0.39, 0.29) is 24.8 Å². The Morgan fingerprint density at radius 3 is 2.54 bits per heavy atom. The van der Waals surface area contributed by atoms with E-state index in [1.54, 1.807) is 12.1 Å². The zero-order chi connectivity index (χ0) is 19.5. The van der Waals surface area contributed by atoms with Crippen molar-refractivity contribution in [3.8, 4) is 12.3 Å². The van der Waals surface area contributed by atoms with Crippen molar-refractivity contribution in [2.45, 2.75) is 51.9 Å². The van der Waals surface area contributed by atoms with E-state index < -0.39 is 23.6 Å². The summed E-state index contributed by atoms with van der Waals surface area (Å²) >= 11 is 0. The maximum absolute atomic E-state index is 12.7. The van der Waals surface area contributed by atoms with Crippen LogP contribution >= 0.6 is 0 Å². The number of aliphatic hydroxyl groups is 1. The minimum atomic E-state index is -0.737. The Kier molecular flexibility index (Phi) is 6.06. The van der Waals surface area contributed by atoms with Crippen molar-refractivity contribution in [2.24, 2.45) is 11.1 Å². The molecule has 26 heavy (non-hydrogen) atoms. The molecule has 0 unspecified atom stereocenters. The molecule has 0 aromatic heterocycles. The third kappa shape index (κ3) is 4.63. The van der Waals surface area contributed by atoms with Gasteiger partial charge in [-0.2, -0.15) is 0 Å². The second-order valence-corrected chi connectivity index (χ2v) is 7.80. The van der Waals surface area contributed by atoms with Crippen LogP contribution in [-0.4, -0.2) is 46.6 Å². The first-order valence-electron chi connectivity index (χ1n) is 8.71. The molecule has 0 saturated carbocycles. The van der Waals surface area contributed by atoms with E-state index in [9.17, 15) is 14.7 Å². The van der Waals surface area contributed by atoms with Crippen LogP contribution in [-0.2, 0) is 16.1 Å². The SMILES string of the molecule is C#Cc1ccc(CNC(=O)[C@@H]2C[C@@H](O)CN2C(=O)[C@@H](N)C(C)(C)C)cc1. The van der Waals surface area contributed by atoms with Gasteiger partial charge in [0.25, 0.3) is 0 Å². The van der Waals surface area contributed by atoms with E-state index in [1.807, 2.05) is 32.9 Å². The zero-order valence-electron chi connectivity index (χ0n) is 15.5. The normalized spacial score (nSPS) is 21.2. The highest BCUT2D eigenvalue weighted by molar-refractivity contribution is 5.90. The third-order valence-corrected chi connectivity index (χ3v) is 4.65. The van der Waals surface area contributed by atoms with Gasteiger partial charge in [0, 0.05) is 25.1 Å². The Bertz CT molecular complexity index is 700. The van der Waals surface area contributed by atoms with Gasteiger partial charge in [0.05, 0.1) is 12.1 Å². The average Bonchev–Trinajstić information content (AvgIpc) is 2.99. The van der Waals surface area contributed by atoms with Gasteiger partial charge in [0.2, 0.25) is 11.8 Å². The molecule has 0 bridgehead atoms. The fraction of sp³-hybridized carbons (Fsp3) is 0.500. The number of hydrogen-bond acceptors (Lipinski definition) is 4. The van der Waals surface area contributed by atoms with Gasteiger partial charge in [0.15, 0.2) is 0 Å². The molecule has 1 aromatic rings. The van der Waals surface area contributed by atoms with Gasteiger partial charge in [0.1, 0.15) is 6.04 Å². The van der Waals surface area contributed by atoms with Crippen molar-refractivity contribution >= 4 is 11.8 Å². The number of benzene rings is 1. The molecule has 140 valence electrons. The van der Waals surface area contributed by atoms with Gasteiger partial charge in [-0.1, -0.05) is 38.8 Å². The fourth-order valence-corrected chi connectivity index (χ4v) is 2.88. The summed E-state index contributed by atoms with van der Waals surface area (Å²) in [6.07, 6.45) is 4.81. The zero-order valence-corrected chi connectivity index (χ0v) is 15.5. The molecule has 1 fully saturated rings. The predicted octanol–water partition coefficient (Wildman–Crippen LogP) is 0.619. The first kappa shape index (κ1) is 20.0. The van der Waals surface area contributed by atoms with Crippen LogP contribution < -0.4 is 11.1 Å². The van der Waals surface area contributed by atoms with Crippen molar-refractivity contribution in [3.05, 3.63) is 35.4 Å². The summed E-state index contributed by atoms with van der Waals surface area (Å²) in [6, 6.07) is 5.85. The molecular formula is C20H27N3O3. The van der Waals surface area contributed by atoms with Crippen LogP contribution in [0.15, 0.2) is 24.3 Å². The molecule has 0 radical (unpaired) electrons. The van der Waals surface area contributed by atoms with Crippen LogP contribution in [0.4, 0.5) is 0 Å². The number of carbonyl (C=O) groups excluding carboxylic acids is 2. The van der Waals surface area contributed by atoms with Gasteiger partial charge in [-0.25, -0.2) is 0 Å². The van der Waals surface area contributed by atoms with Crippen molar-refractivity contribution in [3.63, 3.8) is 0 Å². The van der Waals surface area contributed by atoms with E-state index in [0.29, 0.717) is 6.54 Å². The first-order valence-corrected chi connectivity index (χ1v) is 8.71. The van der Waals surface area contributed by atoms with E-state index >= 15 is 0 Å². The summed E-state index contributed by atoms with van der Waals surface area (Å²) in [6.45, 7) is 6.06. The second-order valence-electron chi connectivity index (χ2n) is 7.80. The molecule has 6 nitrogen and oxygen atoms in total. The van der Waals surface area contributed by atoms with Crippen LogP contribution in [0.5, 0.6) is 0 Å². The monoisotopic (exact) mass is 357 g/mol. The average molecular weight is 357 g/mol. The number of nitrogens with one attached hydrogen (secondary N) is 1. The molecule has 1 saturated heterocycles. The summed E-state index contributed by atoms with van der Waals surface area (Å²) in [5, 5.41) is 12.8. The maximum atomic E-state index is 12.7. The lowest BCUT2D eigenvalue weighted by molar-refractivity contribution is -0.141. The summed E-state index contributed by atoms with van der Waals surface area (Å²) < 4.78 is 0. The number of nitrogens with zero attached hydrogens (tertiary/aromatic N) is 1. The maximum Gasteiger partial charge on any atom is 0.243 e. The number of terminal acetylenes is 1. The fourth-order valence-electron chi connectivity index (χ4n) is 2.88. The summed E-state index contributed by atoms with van der Waals surface area (Å²) in [4.78, 5) is 26.7. The van der Waals surface area contributed by atoms with Crippen LogP contribution in [0, 0.1) is 17.8 Å². The van der Waals surface area contributed by atoms with Gasteiger partial charge >= 0.3 is 0 Å². The molecule has 1 heterocycles. The van der Waals surface area contributed by atoms with Crippen molar-refractivity contribution < 1.29 is 14.7 Å². The Morgan fingerprint density at radius 2 is 2.00 bits per heavy atom. The number of aliphatic hydroxyl groups excluding tert-OH is 1. The molecule has 2 rings (SSSR count). The standard InChI is InChI=1S/C20H27N3O3/c1-5-13-6-8-14(9-7-13)11-22-18(25)16-10-15(24)12-23(16)19(26)17(21)20(2,3)4/h1,6-9,15-17,24H,10-12,21H2,2-4H3,(H,22,25)/t15-,16+,17-/m1/s1. The Morgan fingerprint density at radius 1 is 1.38 bits per heavy atom. The summed E-state index contributed by atoms with van der Waals surface area (Å²) in [7, 11) is 0. The van der Waals surface area contributed by atoms with Gasteiger partial charge in [-0.05, 0) is 23.1 Å². The minimum Gasteiger partial charge on any atom is -0.391 e. The Hall–Kier alpha value is -2.36. The molecule has 4 N–H and O–H groups in total.